The summed E-state index contributed by atoms with van der Waals surface area (Å²) in [7, 11) is 0. The topological polar surface area (TPSA) is 92.5 Å². The second-order valence-electron chi connectivity index (χ2n) is 2.40. The molecular formula is C7H9N3O3. The molecule has 1 heterocycles. The molecule has 0 fully saturated rings. The van der Waals surface area contributed by atoms with Crippen molar-refractivity contribution in [3.8, 4) is 0 Å². The Balaban J connectivity index is 2.50. The first kappa shape index (κ1) is 9.40. The van der Waals surface area contributed by atoms with Crippen LogP contribution >= 0.6 is 0 Å². The van der Waals surface area contributed by atoms with E-state index in [-0.39, 0.29) is 13.2 Å². The number of nitrogens with zero attached hydrogens (tertiary/aromatic N) is 1. The van der Waals surface area contributed by atoms with Crippen molar-refractivity contribution in [1.82, 2.24) is 10.2 Å². The number of carbonyl (C=O) groups excluding carboxylic acids is 3. The molecule has 6 heteroatoms. The summed E-state index contributed by atoms with van der Waals surface area (Å²) in [5, 5.41) is 2.28. The second kappa shape index (κ2) is 3.81. The molecule has 0 aliphatic carbocycles. The smallest absolute Gasteiger partial charge is 0.254 e. The van der Waals surface area contributed by atoms with Gasteiger partial charge in [-0.05, 0) is 0 Å². The van der Waals surface area contributed by atoms with E-state index in [0.717, 1.165) is 17.1 Å². The zero-order chi connectivity index (χ0) is 9.84. The van der Waals surface area contributed by atoms with Gasteiger partial charge in [0.25, 0.3) is 11.8 Å². The maximum Gasteiger partial charge on any atom is 0.254 e. The van der Waals surface area contributed by atoms with Gasteiger partial charge in [0.05, 0.1) is 6.67 Å². The van der Waals surface area contributed by atoms with Crippen molar-refractivity contribution in [3.05, 3.63) is 12.2 Å². The van der Waals surface area contributed by atoms with Crippen LogP contribution in [0.15, 0.2) is 12.2 Å². The van der Waals surface area contributed by atoms with E-state index in [9.17, 15) is 14.4 Å². The molecule has 0 spiro atoms. The lowest BCUT2D eigenvalue weighted by Gasteiger charge is -2.12. The van der Waals surface area contributed by atoms with E-state index in [4.69, 9.17) is 5.73 Å². The number of carbonyl (C=O) groups is 3. The fraction of sp³-hybridized carbons (Fsp3) is 0.286. The van der Waals surface area contributed by atoms with E-state index in [2.05, 4.69) is 5.32 Å². The second-order valence-corrected chi connectivity index (χ2v) is 2.40. The standard InChI is InChI=1S/C7H9N3O3/c8-4-9-5(11)3-10-6(12)1-2-7(10)13/h1-2H,3-4,8H2,(H,9,11). The summed E-state index contributed by atoms with van der Waals surface area (Å²) in [6.45, 7) is -0.287. The molecule has 0 bridgehead atoms. The summed E-state index contributed by atoms with van der Waals surface area (Å²) in [4.78, 5) is 33.6. The highest BCUT2D eigenvalue weighted by Crippen LogP contribution is 2.01. The predicted octanol–water partition coefficient (Wildman–Crippen LogP) is -2.06. The lowest BCUT2D eigenvalue weighted by molar-refractivity contribution is -0.141. The fourth-order valence-electron chi connectivity index (χ4n) is 0.900. The molecule has 0 saturated heterocycles. The highest BCUT2D eigenvalue weighted by atomic mass is 16.2. The molecule has 70 valence electrons. The highest BCUT2D eigenvalue weighted by molar-refractivity contribution is 6.14. The molecule has 3 N–H and O–H groups in total. The Kier molecular flexibility index (Phi) is 2.76. The van der Waals surface area contributed by atoms with Crippen molar-refractivity contribution in [3.63, 3.8) is 0 Å². The largest absolute Gasteiger partial charge is 0.342 e. The Morgan fingerprint density at radius 1 is 1.38 bits per heavy atom. The minimum absolute atomic E-state index is 0.0114. The predicted molar refractivity (Wildman–Crippen MR) is 43.1 cm³/mol. The SMILES string of the molecule is NCNC(=O)CN1C(=O)C=CC1=O. The molecule has 1 aliphatic heterocycles. The van der Waals surface area contributed by atoms with Crippen LogP contribution in [0.1, 0.15) is 0 Å². The van der Waals surface area contributed by atoms with Crippen LogP contribution in [0.2, 0.25) is 0 Å². The number of hydrogen-bond donors (Lipinski definition) is 2. The van der Waals surface area contributed by atoms with Gasteiger partial charge in [-0.1, -0.05) is 0 Å². The van der Waals surface area contributed by atoms with Crippen LogP contribution in [0.25, 0.3) is 0 Å². The summed E-state index contributed by atoms with van der Waals surface area (Å²) in [5.74, 6) is -1.40. The zero-order valence-corrected chi connectivity index (χ0v) is 6.82. The van der Waals surface area contributed by atoms with Crippen LogP contribution in [0, 0.1) is 0 Å². The molecule has 0 unspecified atom stereocenters. The quantitative estimate of drug-likeness (QED) is 0.389. The van der Waals surface area contributed by atoms with E-state index < -0.39 is 17.7 Å². The van der Waals surface area contributed by atoms with Crippen molar-refractivity contribution < 1.29 is 14.4 Å². The minimum atomic E-state index is -0.475. The molecule has 0 aromatic carbocycles. The molecule has 1 aliphatic rings. The number of hydrogen-bond acceptors (Lipinski definition) is 4. The Bertz CT molecular complexity index is 267. The number of nitrogens with one attached hydrogen (secondary N) is 1. The average molecular weight is 183 g/mol. The number of amides is 3. The number of imide groups is 1. The van der Waals surface area contributed by atoms with E-state index in [1.807, 2.05) is 0 Å². The molecular weight excluding hydrogens is 174 g/mol. The van der Waals surface area contributed by atoms with Gasteiger partial charge in [0.2, 0.25) is 5.91 Å². The van der Waals surface area contributed by atoms with Crippen LogP contribution in [0.4, 0.5) is 0 Å². The van der Waals surface area contributed by atoms with E-state index >= 15 is 0 Å². The molecule has 6 nitrogen and oxygen atoms in total. The molecule has 0 radical (unpaired) electrons. The summed E-state index contributed by atoms with van der Waals surface area (Å²) >= 11 is 0. The van der Waals surface area contributed by atoms with Crippen molar-refractivity contribution >= 4 is 17.7 Å². The van der Waals surface area contributed by atoms with Crippen molar-refractivity contribution in [1.29, 1.82) is 0 Å². The maximum atomic E-state index is 10.9. The van der Waals surface area contributed by atoms with Crippen LogP contribution < -0.4 is 11.1 Å². The molecule has 0 aromatic rings. The van der Waals surface area contributed by atoms with Gasteiger partial charge < -0.3 is 11.1 Å². The third-order valence-corrected chi connectivity index (χ3v) is 1.50. The molecule has 0 aromatic heterocycles. The first-order chi connectivity index (χ1) is 6.15. The average Bonchev–Trinajstić information content (AvgIpc) is 2.36. The molecule has 13 heavy (non-hydrogen) atoms. The number of rotatable bonds is 3. The fourth-order valence-corrected chi connectivity index (χ4v) is 0.900. The first-order valence-electron chi connectivity index (χ1n) is 3.65. The maximum absolute atomic E-state index is 10.9. The first-order valence-corrected chi connectivity index (χ1v) is 3.65. The Morgan fingerprint density at radius 2 is 1.92 bits per heavy atom. The zero-order valence-electron chi connectivity index (χ0n) is 6.82. The summed E-state index contributed by atoms with van der Waals surface area (Å²) < 4.78 is 0. The van der Waals surface area contributed by atoms with Crippen LogP contribution in [0.5, 0.6) is 0 Å². The van der Waals surface area contributed by atoms with Gasteiger partial charge in [0.1, 0.15) is 6.54 Å². The van der Waals surface area contributed by atoms with Crippen LogP contribution in [-0.4, -0.2) is 35.8 Å². The lowest BCUT2D eigenvalue weighted by Crippen LogP contribution is -2.42. The van der Waals surface area contributed by atoms with Gasteiger partial charge in [-0.25, -0.2) is 0 Å². The monoisotopic (exact) mass is 183 g/mol. The summed E-state index contributed by atoms with van der Waals surface area (Å²) in [6, 6.07) is 0. The van der Waals surface area contributed by atoms with Crippen molar-refractivity contribution in [2.45, 2.75) is 0 Å². The van der Waals surface area contributed by atoms with Gasteiger partial charge in [0.15, 0.2) is 0 Å². The van der Waals surface area contributed by atoms with E-state index in [0.29, 0.717) is 0 Å². The third-order valence-electron chi connectivity index (χ3n) is 1.50. The number of nitrogens with two attached hydrogens (primary N) is 1. The highest BCUT2D eigenvalue weighted by Gasteiger charge is 2.24. The molecule has 0 saturated carbocycles. The van der Waals surface area contributed by atoms with E-state index in [1.54, 1.807) is 0 Å². The Labute approximate surface area is 74.4 Å². The third kappa shape index (κ3) is 2.12. The van der Waals surface area contributed by atoms with Crippen LogP contribution in [0.3, 0.4) is 0 Å². The Morgan fingerprint density at radius 3 is 2.38 bits per heavy atom. The van der Waals surface area contributed by atoms with Gasteiger partial charge >= 0.3 is 0 Å². The molecule has 3 amide bonds. The normalized spacial score (nSPS) is 15.3. The van der Waals surface area contributed by atoms with Crippen molar-refractivity contribution in [2.75, 3.05) is 13.2 Å². The van der Waals surface area contributed by atoms with Crippen LogP contribution in [-0.2, 0) is 14.4 Å². The van der Waals surface area contributed by atoms with Gasteiger partial charge in [-0.15, -0.1) is 0 Å². The Hall–Kier alpha value is -1.69. The summed E-state index contributed by atoms with van der Waals surface area (Å²) in [6.07, 6.45) is 2.25. The van der Waals surface area contributed by atoms with Crippen molar-refractivity contribution in [2.24, 2.45) is 5.73 Å². The van der Waals surface area contributed by atoms with Gasteiger partial charge in [-0.2, -0.15) is 0 Å². The van der Waals surface area contributed by atoms with E-state index in [1.165, 1.54) is 0 Å². The molecule has 0 atom stereocenters. The minimum Gasteiger partial charge on any atom is -0.342 e. The molecule has 1 rings (SSSR count). The summed E-state index contributed by atoms with van der Waals surface area (Å²) in [5.41, 5.74) is 5.04. The van der Waals surface area contributed by atoms with Gasteiger partial charge in [-0.3, -0.25) is 19.3 Å². The van der Waals surface area contributed by atoms with Gasteiger partial charge in [0, 0.05) is 12.2 Å². The lowest BCUT2D eigenvalue weighted by atomic mass is 10.5.